The molecule has 0 aromatic heterocycles. The van der Waals surface area contributed by atoms with Gasteiger partial charge in [-0.05, 0) is 19.3 Å². The third-order valence-electron chi connectivity index (χ3n) is 2.71. The number of rotatable bonds is 11. The molecule has 0 rings (SSSR count). The Hall–Kier alpha value is -2.12. The van der Waals surface area contributed by atoms with Crippen LogP contribution >= 0.6 is 0 Å². The summed E-state index contributed by atoms with van der Waals surface area (Å²) in [6.45, 7) is 1.94. The van der Waals surface area contributed by atoms with Crippen LogP contribution < -0.4 is 0 Å². The van der Waals surface area contributed by atoms with Crippen molar-refractivity contribution in [2.24, 2.45) is 5.92 Å². The predicted octanol–water partition coefficient (Wildman–Crippen LogP) is 2.07. The smallest absolute Gasteiger partial charge is 0.307 e. The molecule has 0 aromatic carbocycles. The van der Waals surface area contributed by atoms with E-state index in [4.69, 9.17) is 20.4 Å². The number of carboxylic acid groups (broad SMARTS) is 4. The molecule has 1 atom stereocenters. The van der Waals surface area contributed by atoms with Gasteiger partial charge in [0.15, 0.2) is 0 Å². The summed E-state index contributed by atoms with van der Waals surface area (Å²) in [5, 5.41) is 33.2. The first-order valence-corrected chi connectivity index (χ1v) is 7.08. The van der Waals surface area contributed by atoms with Gasteiger partial charge in [0.05, 0.1) is 12.3 Å². The third kappa shape index (κ3) is 17.9. The first kappa shape index (κ1) is 22.2. The summed E-state index contributed by atoms with van der Waals surface area (Å²) in [6, 6.07) is 0. The lowest BCUT2D eigenvalue weighted by Gasteiger charge is -2.07. The van der Waals surface area contributed by atoms with Gasteiger partial charge in [-0.1, -0.05) is 19.8 Å². The van der Waals surface area contributed by atoms with Crippen molar-refractivity contribution in [1.82, 2.24) is 0 Å². The van der Waals surface area contributed by atoms with Crippen molar-refractivity contribution in [3.8, 4) is 0 Å². The van der Waals surface area contributed by atoms with Crippen LogP contribution in [0.5, 0.6) is 0 Å². The van der Waals surface area contributed by atoms with Crippen LogP contribution in [0.2, 0.25) is 0 Å². The van der Waals surface area contributed by atoms with Crippen LogP contribution in [0.3, 0.4) is 0 Å². The monoisotopic (exact) mass is 320 g/mol. The fourth-order valence-corrected chi connectivity index (χ4v) is 1.53. The SMILES string of the molecule is CCCCC(CC(=O)O)C(=O)O.O=C(O)CCCCC(=O)O. The molecule has 0 aliphatic heterocycles. The lowest BCUT2D eigenvalue weighted by molar-refractivity contribution is -0.148. The Balaban J connectivity index is 0. The number of aliphatic carboxylic acids is 4. The van der Waals surface area contributed by atoms with E-state index < -0.39 is 29.8 Å². The van der Waals surface area contributed by atoms with Crippen LogP contribution in [0.25, 0.3) is 0 Å². The minimum Gasteiger partial charge on any atom is -0.481 e. The summed E-state index contributed by atoms with van der Waals surface area (Å²) in [5.74, 6) is -4.51. The van der Waals surface area contributed by atoms with Gasteiger partial charge in [-0.3, -0.25) is 19.2 Å². The third-order valence-corrected chi connectivity index (χ3v) is 2.71. The molecular weight excluding hydrogens is 296 g/mol. The number of carboxylic acids is 4. The average molecular weight is 320 g/mol. The maximum absolute atomic E-state index is 10.5. The first-order chi connectivity index (χ1) is 10.2. The van der Waals surface area contributed by atoms with E-state index in [1.807, 2.05) is 6.92 Å². The molecule has 0 fully saturated rings. The molecule has 8 nitrogen and oxygen atoms in total. The normalized spacial score (nSPS) is 11.0. The zero-order valence-corrected chi connectivity index (χ0v) is 12.7. The minimum absolute atomic E-state index is 0.0628. The lowest BCUT2D eigenvalue weighted by atomic mass is 9.99. The standard InChI is InChI=1S/C8H14O4.C6H10O4/c1-2-3-4-6(8(11)12)5-7(9)10;7-5(8)3-1-2-4-6(9)10/h6H,2-5H2,1H3,(H,9,10)(H,11,12);1-4H2,(H,7,8)(H,9,10). The molecule has 0 saturated carbocycles. The van der Waals surface area contributed by atoms with E-state index in [1.165, 1.54) is 0 Å². The molecule has 128 valence electrons. The molecule has 0 aliphatic carbocycles. The molecule has 0 saturated heterocycles. The quantitative estimate of drug-likeness (QED) is 0.422. The van der Waals surface area contributed by atoms with Crippen molar-refractivity contribution < 1.29 is 39.6 Å². The summed E-state index contributed by atoms with van der Waals surface area (Å²) in [5.41, 5.74) is 0. The van der Waals surface area contributed by atoms with Crippen LogP contribution in [0.15, 0.2) is 0 Å². The molecule has 0 bridgehead atoms. The molecule has 22 heavy (non-hydrogen) atoms. The molecule has 0 amide bonds. The van der Waals surface area contributed by atoms with Gasteiger partial charge in [0.1, 0.15) is 0 Å². The van der Waals surface area contributed by atoms with Crippen LogP contribution in [-0.4, -0.2) is 44.3 Å². The Labute approximate surface area is 128 Å². The summed E-state index contributed by atoms with van der Waals surface area (Å²) in [4.78, 5) is 40.5. The van der Waals surface area contributed by atoms with Crippen molar-refractivity contribution in [3.05, 3.63) is 0 Å². The molecule has 8 heteroatoms. The van der Waals surface area contributed by atoms with E-state index in [9.17, 15) is 19.2 Å². The second-order valence-corrected chi connectivity index (χ2v) is 4.77. The van der Waals surface area contributed by atoms with E-state index in [2.05, 4.69) is 0 Å². The largest absolute Gasteiger partial charge is 0.481 e. The number of unbranched alkanes of at least 4 members (excludes halogenated alkanes) is 2. The molecule has 0 heterocycles. The summed E-state index contributed by atoms with van der Waals surface area (Å²) in [7, 11) is 0. The topological polar surface area (TPSA) is 149 Å². The van der Waals surface area contributed by atoms with E-state index in [0.717, 1.165) is 12.8 Å². The highest BCUT2D eigenvalue weighted by molar-refractivity contribution is 5.77. The highest BCUT2D eigenvalue weighted by Crippen LogP contribution is 2.12. The Bertz CT molecular complexity index is 348. The second kappa shape index (κ2) is 13.8. The van der Waals surface area contributed by atoms with Crippen LogP contribution in [0.1, 0.15) is 58.3 Å². The molecule has 0 radical (unpaired) electrons. The minimum atomic E-state index is -1.04. The van der Waals surface area contributed by atoms with E-state index in [0.29, 0.717) is 19.3 Å². The molecule has 4 N–H and O–H groups in total. The Morgan fingerprint density at radius 3 is 1.50 bits per heavy atom. The van der Waals surface area contributed by atoms with Crippen molar-refractivity contribution in [1.29, 1.82) is 0 Å². The highest BCUT2D eigenvalue weighted by atomic mass is 16.4. The molecular formula is C14H24O8. The van der Waals surface area contributed by atoms with Crippen molar-refractivity contribution in [2.45, 2.75) is 58.3 Å². The zero-order valence-electron chi connectivity index (χ0n) is 12.7. The maximum atomic E-state index is 10.5. The van der Waals surface area contributed by atoms with E-state index in [1.54, 1.807) is 0 Å². The van der Waals surface area contributed by atoms with E-state index in [-0.39, 0.29) is 19.3 Å². The molecule has 0 aromatic rings. The van der Waals surface area contributed by atoms with Gasteiger partial charge in [0.2, 0.25) is 0 Å². The zero-order chi connectivity index (χ0) is 17.5. The summed E-state index contributed by atoms with van der Waals surface area (Å²) in [6.07, 6.45) is 2.87. The van der Waals surface area contributed by atoms with Crippen LogP contribution in [0, 0.1) is 5.92 Å². The van der Waals surface area contributed by atoms with Crippen molar-refractivity contribution in [3.63, 3.8) is 0 Å². The van der Waals surface area contributed by atoms with Gasteiger partial charge in [-0.15, -0.1) is 0 Å². The Morgan fingerprint density at radius 1 is 0.773 bits per heavy atom. The first-order valence-electron chi connectivity index (χ1n) is 7.08. The average Bonchev–Trinajstić information content (AvgIpc) is 2.39. The van der Waals surface area contributed by atoms with Gasteiger partial charge < -0.3 is 20.4 Å². The van der Waals surface area contributed by atoms with Gasteiger partial charge in [-0.25, -0.2) is 0 Å². The van der Waals surface area contributed by atoms with Gasteiger partial charge in [0, 0.05) is 12.8 Å². The number of hydrogen-bond donors (Lipinski definition) is 4. The fourth-order valence-electron chi connectivity index (χ4n) is 1.53. The molecule has 0 spiro atoms. The lowest BCUT2D eigenvalue weighted by Crippen LogP contribution is -2.17. The van der Waals surface area contributed by atoms with Crippen LogP contribution in [-0.2, 0) is 19.2 Å². The number of carbonyl (C=O) groups is 4. The predicted molar refractivity (Wildman–Crippen MR) is 76.6 cm³/mol. The Kier molecular flexibility index (Phi) is 13.9. The fraction of sp³-hybridized carbons (Fsp3) is 0.714. The van der Waals surface area contributed by atoms with Gasteiger partial charge in [-0.2, -0.15) is 0 Å². The maximum Gasteiger partial charge on any atom is 0.307 e. The molecule has 0 aliphatic rings. The highest BCUT2D eigenvalue weighted by Gasteiger charge is 2.19. The summed E-state index contributed by atoms with van der Waals surface area (Å²) < 4.78 is 0. The van der Waals surface area contributed by atoms with Gasteiger partial charge >= 0.3 is 23.9 Å². The van der Waals surface area contributed by atoms with Gasteiger partial charge in [0.25, 0.3) is 0 Å². The van der Waals surface area contributed by atoms with E-state index >= 15 is 0 Å². The summed E-state index contributed by atoms with van der Waals surface area (Å²) >= 11 is 0. The Morgan fingerprint density at radius 2 is 1.23 bits per heavy atom. The molecule has 1 unspecified atom stereocenters. The number of hydrogen-bond acceptors (Lipinski definition) is 4. The van der Waals surface area contributed by atoms with Crippen molar-refractivity contribution >= 4 is 23.9 Å². The van der Waals surface area contributed by atoms with Crippen molar-refractivity contribution in [2.75, 3.05) is 0 Å². The van der Waals surface area contributed by atoms with Crippen LogP contribution in [0.4, 0.5) is 0 Å². The second-order valence-electron chi connectivity index (χ2n) is 4.77.